The zero-order valence-electron chi connectivity index (χ0n) is 13.0. The molecule has 1 aliphatic heterocycles. The number of nitrogens with one attached hydrogen (secondary N) is 1. The first-order valence-electron chi connectivity index (χ1n) is 7.23. The normalized spacial score (nSPS) is 16.6. The Balaban J connectivity index is 0. The Kier molecular flexibility index (Phi) is 14.0. The molecule has 1 fully saturated rings. The summed E-state index contributed by atoms with van der Waals surface area (Å²) in [6.45, 7) is 19.0. The number of rotatable bonds is 7. The Labute approximate surface area is 132 Å². The summed E-state index contributed by atoms with van der Waals surface area (Å²) in [5, 5.41) is 3.41. The molecule has 19 heavy (non-hydrogen) atoms. The largest absolute Gasteiger partial charge is 0.314 e. The summed E-state index contributed by atoms with van der Waals surface area (Å²) in [5.41, 5.74) is 0. The van der Waals surface area contributed by atoms with Crippen molar-refractivity contribution in [1.29, 1.82) is 0 Å². The van der Waals surface area contributed by atoms with E-state index in [0.717, 1.165) is 24.9 Å². The van der Waals surface area contributed by atoms with E-state index in [-0.39, 0.29) is 24.8 Å². The lowest BCUT2D eigenvalue weighted by molar-refractivity contribution is 0.167. The van der Waals surface area contributed by atoms with Crippen LogP contribution in [0.1, 0.15) is 27.7 Å². The summed E-state index contributed by atoms with van der Waals surface area (Å²) in [6.07, 6.45) is 0. The molecule has 0 unspecified atom stereocenters. The van der Waals surface area contributed by atoms with Crippen molar-refractivity contribution in [3.8, 4) is 0 Å². The molecule has 0 aromatic rings. The second-order valence-corrected chi connectivity index (χ2v) is 6.14. The van der Waals surface area contributed by atoms with E-state index in [1.165, 1.54) is 39.3 Å². The van der Waals surface area contributed by atoms with E-state index < -0.39 is 0 Å². The SMILES string of the molecule is CC(C)CN(CCN1CCNCC1)CC(C)C.Cl.Cl. The molecule has 1 heterocycles. The van der Waals surface area contributed by atoms with Crippen molar-refractivity contribution < 1.29 is 0 Å². The molecular weight excluding hydrogens is 281 g/mol. The van der Waals surface area contributed by atoms with Crippen LogP contribution in [0.25, 0.3) is 0 Å². The summed E-state index contributed by atoms with van der Waals surface area (Å²) in [5.74, 6) is 1.55. The van der Waals surface area contributed by atoms with Gasteiger partial charge in [-0.25, -0.2) is 0 Å². The Morgan fingerprint density at radius 2 is 1.42 bits per heavy atom. The van der Waals surface area contributed by atoms with E-state index >= 15 is 0 Å². The van der Waals surface area contributed by atoms with Crippen LogP contribution in [0.4, 0.5) is 0 Å². The molecule has 1 rings (SSSR count). The molecule has 0 bridgehead atoms. The highest BCUT2D eigenvalue weighted by Gasteiger charge is 2.13. The molecule has 0 radical (unpaired) electrons. The van der Waals surface area contributed by atoms with Gasteiger partial charge in [0.2, 0.25) is 0 Å². The first kappa shape index (κ1) is 21.8. The average molecular weight is 314 g/mol. The van der Waals surface area contributed by atoms with Gasteiger partial charge in [0, 0.05) is 52.4 Å². The predicted octanol–water partition coefficient (Wildman–Crippen LogP) is 2.35. The Bertz CT molecular complexity index is 185. The van der Waals surface area contributed by atoms with Crippen LogP contribution in [0.3, 0.4) is 0 Å². The van der Waals surface area contributed by atoms with Crippen LogP contribution < -0.4 is 5.32 Å². The fraction of sp³-hybridized carbons (Fsp3) is 1.00. The van der Waals surface area contributed by atoms with Gasteiger partial charge < -0.3 is 10.2 Å². The highest BCUT2D eigenvalue weighted by Crippen LogP contribution is 2.04. The van der Waals surface area contributed by atoms with Crippen molar-refractivity contribution in [2.45, 2.75) is 27.7 Å². The molecule has 1 aliphatic rings. The minimum absolute atomic E-state index is 0. The molecule has 0 aromatic carbocycles. The highest BCUT2D eigenvalue weighted by molar-refractivity contribution is 5.85. The summed E-state index contributed by atoms with van der Waals surface area (Å²) >= 11 is 0. The van der Waals surface area contributed by atoms with Gasteiger partial charge >= 0.3 is 0 Å². The van der Waals surface area contributed by atoms with Crippen LogP contribution in [-0.2, 0) is 0 Å². The second-order valence-electron chi connectivity index (χ2n) is 6.14. The van der Waals surface area contributed by atoms with E-state index in [2.05, 4.69) is 42.8 Å². The predicted molar refractivity (Wildman–Crippen MR) is 89.9 cm³/mol. The van der Waals surface area contributed by atoms with E-state index in [4.69, 9.17) is 0 Å². The monoisotopic (exact) mass is 313 g/mol. The molecule has 0 aromatic heterocycles. The Morgan fingerprint density at radius 3 is 1.84 bits per heavy atom. The van der Waals surface area contributed by atoms with Gasteiger partial charge in [0.25, 0.3) is 0 Å². The third kappa shape index (κ3) is 10.9. The van der Waals surface area contributed by atoms with Crippen molar-refractivity contribution in [3.63, 3.8) is 0 Å². The Morgan fingerprint density at radius 1 is 0.947 bits per heavy atom. The lowest BCUT2D eigenvalue weighted by atomic mass is 10.1. The summed E-state index contributed by atoms with van der Waals surface area (Å²) in [6, 6.07) is 0. The van der Waals surface area contributed by atoms with Crippen LogP contribution in [-0.4, -0.2) is 62.2 Å². The summed E-state index contributed by atoms with van der Waals surface area (Å²) in [4.78, 5) is 5.22. The summed E-state index contributed by atoms with van der Waals surface area (Å²) in [7, 11) is 0. The number of hydrogen-bond donors (Lipinski definition) is 1. The quantitative estimate of drug-likeness (QED) is 0.778. The molecule has 0 spiro atoms. The molecule has 0 saturated carbocycles. The van der Waals surface area contributed by atoms with Gasteiger partial charge in [-0.05, 0) is 11.8 Å². The fourth-order valence-electron chi connectivity index (χ4n) is 2.51. The van der Waals surface area contributed by atoms with E-state index in [9.17, 15) is 0 Å². The number of halogens is 2. The number of piperazine rings is 1. The molecular formula is C14H33Cl2N3. The zero-order valence-corrected chi connectivity index (χ0v) is 14.7. The zero-order chi connectivity index (χ0) is 12.7. The number of hydrogen-bond acceptors (Lipinski definition) is 3. The maximum atomic E-state index is 3.41. The van der Waals surface area contributed by atoms with Crippen molar-refractivity contribution in [3.05, 3.63) is 0 Å². The standard InChI is InChI=1S/C14H31N3.2ClH/c1-13(2)11-17(12-14(3)4)10-9-16-7-5-15-6-8-16;;/h13-15H,5-12H2,1-4H3;2*1H. The highest BCUT2D eigenvalue weighted by atomic mass is 35.5. The molecule has 0 aliphatic carbocycles. The number of nitrogens with zero attached hydrogens (tertiary/aromatic N) is 2. The van der Waals surface area contributed by atoms with Crippen molar-refractivity contribution in [1.82, 2.24) is 15.1 Å². The minimum Gasteiger partial charge on any atom is -0.314 e. The maximum absolute atomic E-state index is 3.41. The van der Waals surface area contributed by atoms with Gasteiger partial charge in [0.1, 0.15) is 0 Å². The first-order chi connectivity index (χ1) is 8.08. The van der Waals surface area contributed by atoms with Gasteiger partial charge in [-0.2, -0.15) is 0 Å². The van der Waals surface area contributed by atoms with Crippen LogP contribution in [0.15, 0.2) is 0 Å². The molecule has 1 saturated heterocycles. The molecule has 118 valence electrons. The topological polar surface area (TPSA) is 18.5 Å². The van der Waals surface area contributed by atoms with Gasteiger partial charge in [-0.15, -0.1) is 24.8 Å². The molecule has 1 N–H and O–H groups in total. The van der Waals surface area contributed by atoms with Crippen LogP contribution >= 0.6 is 24.8 Å². The van der Waals surface area contributed by atoms with E-state index in [0.29, 0.717) is 0 Å². The van der Waals surface area contributed by atoms with E-state index in [1.54, 1.807) is 0 Å². The summed E-state index contributed by atoms with van der Waals surface area (Å²) < 4.78 is 0. The second kappa shape index (κ2) is 12.2. The fourth-order valence-corrected chi connectivity index (χ4v) is 2.51. The third-order valence-corrected chi connectivity index (χ3v) is 3.19. The van der Waals surface area contributed by atoms with Crippen LogP contribution in [0.5, 0.6) is 0 Å². The molecule has 5 heteroatoms. The first-order valence-corrected chi connectivity index (χ1v) is 7.23. The smallest absolute Gasteiger partial charge is 0.0110 e. The third-order valence-electron chi connectivity index (χ3n) is 3.19. The van der Waals surface area contributed by atoms with Gasteiger partial charge in [0.15, 0.2) is 0 Å². The molecule has 3 nitrogen and oxygen atoms in total. The van der Waals surface area contributed by atoms with E-state index in [1.807, 2.05) is 0 Å². The van der Waals surface area contributed by atoms with Gasteiger partial charge in [0.05, 0.1) is 0 Å². The van der Waals surface area contributed by atoms with Gasteiger partial charge in [-0.1, -0.05) is 27.7 Å². The van der Waals surface area contributed by atoms with Crippen molar-refractivity contribution in [2.75, 3.05) is 52.4 Å². The van der Waals surface area contributed by atoms with Crippen LogP contribution in [0.2, 0.25) is 0 Å². The lowest BCUT2D eigenvalue weighted by Crippen LogP contribution is -2.47. The van der Waals surface area contributed by atoms with Crippen LogP contribution in [0, 0.1) is 11.8 Å². The maximum Gasteiger partial charge on any atom is 0.0110 e. The minimum atomic E-state index is 0. The molecule has 0 atom stereocenters. The molecule has 0 amide bonds. The lowest BCUT2D eigenvalue weighted by Gasteiger charge is -2.31. The Hall–Kier alpha value is 0.460. The van der Waals surface area contributed by atoms with Gasteiger partial charge in [-0.3, -0.25) is 4.90 Å². The average Bonchev–Trinajstić information content (AvgIpc) is 2.26. The van der Waals surface area contributed by atoms with Crippen molar-refractivity contribution in [2.24, 2.45) is 11.8 Å². The van der Waals surface area contributed by atoms with Crippen molar-refractivity contribution >= 4 is 24.8 Å².